The molecule has 0 radical (unpaired) electrons. The first-order chi connectivity index (χ1) is 10.0. The van der Waals surface area contributed by atoms with Crippen molar-refractivity contribution >= 4 is 23.0 Å². The minimum Gasteiger partial charge on any atom is -0.377 e. The summed E-state index contributed by atoms with van der Waals surface area (Å²) < 4.78 is 5.11. The highest BCUT2D eigenvalue weighted by molar-refractivity contribution is 7.10. The maximum Gasteiger partial charge on any atom is 0.158 e. The van der Waals surface area contributed by atoms with Gasteiger partial charge in [-0.1, -0.05) is 19.9 Å². The van der Waals surface area contributed by atoms with Gasteiger partial charge in [-0.2, -0.15) is 0 Å². The zero-order valence-electron chi connectivity index (χ0n) is 12.9. The highest BCUT2D eigenvalue weighted by atomic mass is 32.1. The molecule has 114 valence electrons. The van der Waals surface area contributed by atoms with Gasteiger partial charge in [0.05, 0.1) is 0 Å². The van der Waals surface area contributed by atoms with Crippen LogP contribution in [0.3, 0.4) is 0 Å². The third-order valence-electron chi connectivity index (χ3n) is 3.20. The highest BCUT2D eigenvalue weighted by Gasteiger charge is 2.21. The van der Waals surface area contributed by atoms with Gasteiger partial charge in [0.25, 0.3) is 0 Å². The quantitative estimate of drug-likeness (QED) is 0.823. The molecule has 2 aromatic rings. The van der Waals surface area contributed by atoms with Gasteiger partial charge >= 0.3 is 0 Å². The van der Waals surface area contributed by atoms with Crippen molar-refractivity contribution in [3.8, 4) is 0 Å². The van der Waals surface area contributed by atoms with Crippen LogP contribution in [-0.2, 0) is 16.8 Å². The molecule has 5 nitrogen and oxygen atoms in total. The van der Waals surface area contributed by atoms with Gasteiger partial charge in [-0.25, -0.2) is 9.97 Å². The zero-order chi connectivity index (χ0) is 15.3. The molecule has 0 atom stereocenters. The first kappa shape index (κ1) is 15.7. The molecule has 2 heterocycles. The lowest BCUT2D eigenvalue weighted by molar-refractivity contribution is 0.178. The van der Waals surface area contributed by atoms with E-state index in [-0.39, 0.29) is 5.41 Å². The summed E-state index contributed by atoms with van der Waals surface area (Å²) in [6.45, 7) is 5.66. The van der Waals surface area contributed by atoms with Gasteiger partial charge in [0.2, 0.25) is 0 Å². The van der Waals surface area contributed by atoms with Gasteiger partial charge in [-0.15, -0.1) is 11.3 Å². The van der Waals surface area contributed by atoms with E-state index >= 15 is 0 Å². The molecule has 0 fully saturated rings. The van der Waals surface area contributed by atoms with E-state index in [0.29, 0.717) is 12.4 Å². The molecule has 2 rings (SSSR count). The molecule has 0 aliphatic carbocycles. The number of aromatic nitrogens is 2. The molecule has 2 N–H and O–H groups in total. The van der Waals surface area contributed by atoms with Crippen LogP contribution in [0.25, 0.3) is 0 Å². The summed E-state index contributed by atoms with van der Waals surface area (Å²) >= 11 is 1.78. The number of thiophene rings is 1. The molecule has 0 aliphatic heterocycles. The molecule has 0 unspecified atom stereocenters. The van der Waals surface area contributed by atoms with E-state index < -0.39 is 0 Å². The van der Waals surface area contributed by atoms with Gasteiger partial charge in [-0.05, 0) is 11.4 Å². The summed E-state index contributed by atoms with van der Waals surface area (Å²) in [4.78, 5) is 10.2. The molecule has 21 heavy (non-hydrogen) atoms. The lowest BCUT2D eigenvalue weighted by atomic mass is 9.91. The summed E-state index contributed by atoms with van der Waals surface area (Å²) in [6.07, 6.45) is 0. The predicted octanol–water partition coefficient (Wildman–Crippen LogP) is 3.12. The number of methoxy groups -OCH3 is 1. The topological polar surface area (TPSA) is 59.1 Å². The maximum absolute atomic E-state index is 5.11. The van der Waals surface area contributed by atoms with E-state index in [4.69, 9.17) is 4.74 Å². The largest absolute Gasteiger partial charge is 0.377 e. The first-order valence-corrected chi connectivity index (χ1v) is 7.75. The van der Waals surface area contributed by atoms with E-state index in [1.54, 1.807) is 18.4 Å². The van der Waals surface area contributed by atoms with Crippen LogP contribution in [0, 0.1) is 0 Å². The van der Waals surface area contributed by atoms with Crippen molar-refractivity contribution in [1.29, 1.82) is 0 Å². The van der Waals surface area contributed by atoms with Crippen LogP contribution >= 0.6 is 11.3 Å². The SMILES string of the molecule is CNc1cc(NCC(C)(C)c2cccs2)nc(COC)n1. The summed E-state index contributed by atoms with van der Waals surface area (Å²) in [5.41, 5.74) is 0.0559. The third-order valence-corrected chi connectivity index (χ3v) is 4.44. The summed E-state index contributed by atoms with van der Waals surface area (Å²) in [6, 6.07) is 6.16. The normalized spacial score (nSPS) is 11.4. The second-order valence-corrected chi connectivity index (χ2v) is 6.40. The second kappa shape index (κ2) is 6.87. The Balaban J connectivity index is 2.10. The number of rotatable bonds is 7. The highest BCUT2D eigenvalue weighted by Crippen LogP contribution is 2.27. The van der Waals surface area contributed by atoms with E-state index in [9.17, 15) is 0 Å². The number of hydrogen-bond acceptors (Lipinski definition) is 6. The van der Waals surface area contributed by atoms with Crippen LogP contribution in [-0.4, -0.2) is 30.7 Å². The fourth-order valence-electron chi connectivity index (χ4n) is 1.97. The van der Waals surface area contributed by atoms with Crippen molar-refractivity contribution in [3.63, 3.8) is 0 Å². The van der Waals surface area contributed by atoms with Crippen LogP contribution in [0.5, 0.6) is 0 Å². The fraction of sp³-hybridized carbons (Fsp3) is 0.467. The van der Waals surface area contributed by atoms with Crippen molar-refractivity contribution in [2.75, 3.05) is 31.3 Å². The Kier molecular flexibility index (Phi) is 5.14. The van der Waals surface area contributed by atoms with Crippen molar-refractivity contribution < 1.29 is 4.74 Å². The van der Waals surface area contributed by atoms with Gasteiger partial charge in [0, 0.05) is 37.1 Å². The molecule has 0 saturated heterocycles. The minimum absolute atomic E-state index is 0.0559. The molecule has 2 aromatic heterocycles. The molecule has 0 spiro atoms. The Labute approximate surface area is 129 Å². The minimum atomic E-state index is 0.0559. The Morgan fingerprint density at radius 2 is 2.05 bits per heavy atom. The number of ether oxygens (including phenoxy) is 1. The zero-order valence-corrected chi connectivity index (χ0v) is 13.8. The summed E-state index contributed by atoms with van der Waals surface area (Å²) in [7, 11) is 3.49. The summed E-state index contributed by atoms with van der Waals surface area (Å²) in [5.74, 6) is 2.26. The average Bonchev–Trinajstić information content (AvgIpc) is 3.00. The van der Waals surface area contributed by atoms with Gasteiger partial charge in [0.15, 0.2) is 5.82 Å². The number of nitrogens with one attached hydrogen (secondary N) is 2. The third kappa shape index (κ3) is 4.15. The Hall–Kier alpha value is -1.66. The Bertz CT molecular complexity index is 569. The van der Waals surface area contributed by atoms with Crippen LogP contribution in [0.4, 0.5) is 11.6 Å². The van der Waals surface area contributed by atoms with Crippen molar-refractivity contribution in [1.82, 2.24) is 9.97 Å². The standard InChI is InChI=1S/C15H22N4OS/c1-15(2,11-6-5-7-21-11)10-17-13-8-12(16-3)18-14(19-13)9-20-4/h5-8H,9-10H2,1-4H3,(H2,16,17,18,19). The van der Waals surface area contributed by atoms with E-state index in [1.807, 2.05) is 13.1 Å². The van der Waals surface area contributed by atoms with Gasteiger partial charge in [0.1, 0.15) is 18.2 Å². The van der Waals surface area contributed by atoms with Crippen LogP contribution < -0.4 is 10.6 Å². The molecule has 6 heteroatoms. The van der Waals surface area contributed by atoms with Crippen molar-refractivity contribution in [2.24, 2.45) is 0 Å². The average molecular weight is 306 g/mol. The lowest BCUT2D eigenvalue weighted by Gasteiger charge is -2.24. The lowest BCUT2D eigenvalue weighted by Crippen LogP contribution is -2.27. The number of nitrogens with zero attached hydrogens (tertiary/aromatic N) is 2. The number of hydrogen-bond donors (Lipinski definition) is 2. The maximum atomic E-state index is 5.11. The molecular weight excluding hydrogens is 284 g/mol. The molecule has 0 saturated carbocycles. The molecule has 0 amide bonds. The van der Waals surface area contributed by atoms with Crippen molar-refractivity contribution in [2.45, 2.75) is 25.9 Å². The van der Waals surface area contributed by atoms with Crippen LogP contribution in [0.1, 0.15) is 24.5 Å². The molecular formula is C15H22N4OS. The van der Waals surface area contributed by atoms with E-state index in [0.717, 1.165) is 18.2 Å². The van der Waals surface area contributed by atoms with Gasteiger partial charge in [-0.3, -0.25) is 0 Å². The Morgan fingerprint density at radius 3 is 2.67 bits per heavy atom. The molecule has 0 bridgehead atoms. The smallest absolute Gasteiger partial charge is 0.158 e. The van der Waals surface area contributed by atoms with Crippen LogP contribution in [0.15, 0.2) is 23.6 Å². The Morgan fingerprint density at radius 1 is 1.29 bits per heavy atom. The van der Waals surface area contributed by atoms with Crippen LogP contribution in [0.2, 0.25) is 0 Å². The monoisotopic (exact) mass is 306 g/mol. The van der Waals surface area contributed by atoms with E-state index in [1.165, 1.54) is 4.88 Å². The number of anilines is 2. The molecule has 0 aliphatic rings. The fourth-order valence-corrected chi connectivity index (χ4v) is 2.82. The van der Waals surface area contributed by atoms with Gasteiger partial charge < -0.3 is 15.4 Å². The van der Waals surface area contributed by atoms with Crippen molar-refractivity contribution in [3.05, 3.63) is 34.3 Å². The van der Waals surface area contributed by atoms with E-state index in [2.05, 4.69) is 52.0 Å². The second-order valence-electron chi connectivity index (χ2n) is 5.45. The molecule has 0 aromatic carbocycles. The first-order valence-electron chi connectivity index (χ1n) is 6.87. The summed E-state index contributed by atoms with van der Waals surface area (Å²) in [5, 5.41) is 8.56. The predicted molar refractivity (Wildman–Crippen MR) is 88.1 cm³/mol.